The predicted molar refractivity (Wildman–Crippen MR) is 90.9 cm³/mol. The van der Waals surface area contributed by atoms with Crippen LogP contribution in [0.5, 0.6) is 5.75 Å². The molecule has 0 saturated heterocycles. The van der Waals surface area contributed by atoms with Gasteiger partial charge in [-0.25, -0.2) is 0 Å². The fourth-order valence-corrected chi connectivity index (χ4v) is 2.80. The maximum absolute atomic E-state index is 12.4. The number of carbonyl (C=O) groups excluding carboxylic acids is 1. The number of phosphoric ester groups is 1. The van der Waals surface area contributed by atoms with Gasteiger partial charge >= 0.3 is 65.5 Å². The number of ether oxygens (including phenoxy) is 1. The van der Waals surface area contributed by atoms with Crippen LogP contribution in [0.4, 0.5) is 13.2 Å². The number of nitrogens with one attached hydrogen (secondary N) is 1. The molecule has 1 amide bonds. The molecule has 0 bridgehead atoms. The van der Waals surface area contributed by atoms with Crippen LogP contribution in [0.3, 0.4) is 0 Å². The Morgan fingerprint density at radius 1 is 1.17 bits per heavy atom. The Labute approximate surface area is 218 Å². The number of benzene rings is 1. The minimum absolute atomic E-state index is 0. The molecule has 0 aliphatic rings. The summed E-state index contributed by atoms with van der Waals surface area (Å²) in [6.07, 6.45) is -0.231. The molecule has 160 valence electrons. The number of amides is 1. The molecule has 0 fully saturated rings. The maximum atomic E-state index is 12.4. The second-order valence-electron chi connectivity index (χ2n) is 6.15. The number of hydrogen-bond donors (Lipinski definition) is 1. The Bertz CT molecular complexity index is 675. The van der Waals surface area contributed by atoms with Gasteiger partial charge in [-0.05, 0) is 24.1 Å². The molecule has 0 spiro atoms. The molecule has 1 aromatic carbocycles. The van der Waals surface area contributed by atoms with Crippen LogP contribution in [0, 0.1) is 0 Å². The van der Waals surface area contributed by atoms with Gasteiger partial charge in [-0.1, -0.05) is 44.7 Å². The Balaban J connectivity index is 0. The summed E-state index contributed by atoms with van der Waals surface area (Å²) >= 11 is 0. The van der Waals surface area contributed by atoms with Crippen molar-refractivity contribution >= 4 is 13.7 Å². The first-order chi connectivity index (χ1) is 13.0. The zero-order chi connectivity index (χ0) is 21.2. The molecule has 0 heterocycles. The molecule has 1 aromatic rings. The first-order valence-corrected chi connectivity index (χ1v) is 10.3. The van der Waals surface area contributed by atoms with Crippen LogP contribution in [-0.4, -0.2) is 18.9 Å². The SMILES string of the molecule is CCCCCCCC(=O)NC(COP(=O)([O-])[O-])c1cccc(OC(F)(F)F)c1.[Na+].[Na+]. The first-order valence-electron chi connectivity index (χ1n) is 8.82. The third kappa shape index (κ3) is 16.1. The Kier molecular flexibility index (Phi) is 17.4. The van der Waals surface area contributed by atoms with Gasteiger partial charge < -0.3 is 28.9 Å². The zero-order valence-electron chi connectivity index (χ0n) is 17.4. The second-order valence-corrected chi connectivity index (χ2v) is 7.30. The van der Waals surface area contributed by atoms with E-state index in [2.05, 4.69) is 21.5 Å². The molecule has 1 N–H and O–H groups in total. The third-order valence-electron chi connectivity index (χ3n) is 3.74. The summed E-state index contributed by atoms with van der Waals surface area (Å²) in [4.78, 5) is 33.6. The predicted octanol–water partition coefficient (Wildman–Crippen LogP) is -3.04. The van der Waals surface area contributed by atoms with Crippen LogP contribution in [0.15, 0.2) is 24.3 Å². The van der Waals surface area contributed by atoms with Crippen molar-refractivity contribution in [3.05, 3.63) is 29.8 Å². The van der Waals surface area contributed by atoms with Gasteiger partial charge in [0.25, 0.3) is 0 Å². The minimum atomic E-state index is -5.33. The van der Waals surface area contributed by atoms with Crippen molar-refractivity contribution in [2.75, 3.05) is 6.61 Å². The van der Waals surface area contributed by atoms with Crippen molar-refractivity contribution in [3.63, 3.8) is 0 Å². The van der Waals surface area contributed by atoms with Crippen molar-refractivity contribution in [2.45, 2.75) is 57.9 Å². The van der Waals surface area contributed by atoms with E-state index in [4.69, 9.17) is 0 Å². The van der Waals surface area contributed by atoms with Gasteiger partial charge in [-0.2, -0.15) is 0 Å². The van der Waals surface area contributed by atoms with Gasteiger partial charge in [0.15, 0.2) is 0 Å². The van der Waals surface area contributed by atoms with Gasteiger partial charge in [0.2, 0.25) is 5.91 Å². The third-order valence-corrected chi connectivity index (χ3v) is 4.20. The van der Waals surface area contributed by atoms with Crippen molar-refractivity contribution in [1.82, 2.24) is 5.32 Å². The molecule has 0 aliphatic carbocycles. The van der Waals surface area contributed by atoms with Crippen LogP contribution >= 0.6 is 7.82 Å². The van der Waals surface area contributed by atoms with Crippen LogP contribution in [0.2, 0.25) is 0 Å². The number of carbonyl (C=O) groups is 1. The summed E-state index contributed by atoms with van der Waals surface area (Å²) in [6, 6.07) is 3.52. The van der Waals surface area contributed by atoms with Crippen molar-refractivity contribution in [3.8, 4) is 5.75 Å². The van der Waals surface area contributed by atoms with E-state index in [1.165, 1.54) is 12.1 Å². The molecule has 1 rings (SSSR count). The standard InChI is InChI=1S/C17H25F3NO6P.2Na/c1-2-3-4-5-6-10-16(22)21-15(12-26-28(23,24)25)13-8-7-9-14(11-13)27-17(18,19)20;;/h7-9,11,15H,2-6,10,12H2,1H3,(H,21,22)(H2,23,24,25);;/q;2*+1/p-2. The number of rotatable bonds is 12. The average molecular weight is 471 g/mol. The van der Waals surface area contributed by atoms with E-state index in [-0.39, 0.29) is 71.1 Å². The monoisotopic (exact) mass is 471 g/mol. The summed E-state index contributed by atoms with van der Waals surface area (Å²) in [5, 5.41) is 2.49. The number of unbranched alkanes of at least 4 members (excludes halogenated alkanes) is 4. The smallest absolute Gasteiger partial charge is 0.790 e. The van der Waals surface area contributed by atoms with E-state index < -0.39 is 38.5 Å². The van der Waals surface area contributed by atoms with Crippen LogP contribution in [-0.2, 0) is 13.9 Å². The fourth-order valence-electron chi connectivity index (χ4n) is 2.47. The van der Waals surface area contributed by atoms with E-state index in [1.807, 2.05) is 0 Å². The Morgan fingerprint density at radius 3 is 2.37 bits per heavy atom. The molecule has 13 heteroatoms. The molecule has 0 aromatic heterocycles. The minimum Gasteiger partial charge on any atom is -0.790 e. The fraction of sp³-hybridized carbons (Fsp3) is 0.588. The molecular weight excluding hydrogens is 448 g/mol. The Hall–Kier alpha value is 0.390. The van der Waals surface area contributed by atoms with Gasteiger partial charge in [-0.3, -0.25) is 4.79 Å². The normalized spacial score (nSPS) is 12.3. The van der Waals surface area contributed by atoms with Crippen molar-refractivity contribution < 1.29 is 101 Å². The second kappa shape index (κ2) is 16.1. The quantitative estimate of drug-likeness (QED) is 0.197. The van der Waals surface area contributed by atoms with Gasteiger partial charge in [0.1, 0.15) is 5.75 Å². The molecular formula is C17H23F3NNa2O6P. The molecule has 30 heavy (non-hydrogen) atoms. The van der Waals surface area contributed by atoms with Crippen LogP contribution in [0.25, 0.3) is 0 Å². The number of alkyl halides is 3. The summed E-state index contributed by atoms with van der Waals surface area (Å²) in [7, 11) is -5.33. The Morgan fingerprint density at radius 2 is 1.80 bits per heavy atom. The summed E-state index contributed by atoms with van der Waals surface area (Å²) < 4.78 is 55.9. The largest absolute Gasteiger partial charge is 1.00 e. The summed E-state index contributed by atoms with van der Waals surface area (Å²) in [6.45, 7) is 1.32. The van der Waals surface area contributed by atoms with Crippen LogP contribution in [0.1, 0.15) is 57.1 Å². The van der Waals surface area contributed by atoms with E-state index in [0.29, 0.717) is 6.42 Å². The zero-order valence-corrected chi connectivity index (χ0v) is 22.3. The topological polar surface area (TPSA) is 111 Å². The van der Waals surface area contributed by atoms with E-state index in [1.54, 1.807) is 0 Å². The van der Waals surface area contributed by atoms with Crippen molar-refractivity contribution in [1.29, 1.82) is 0 Å². The van der Waals surface area contributed by atoms with Gasteiger partial charge in [0.05, 0.1) is 20.5 Å². The van der Waals surface area contributed by atoms with Crippen LogP contribution < -0.4 is 79.0 Å². The first kappa shape index (κ1) is 32.6. The molecule has 1 unspecified atom stereocenters. The molecule has 7 nitrogen and oxygen atoms in total. The van der Waals surface area contributed by atoms with Crippen molar-refractivity contribution in [2.24, 2.45) is 0 Å². The number of halogens is 3. The van der Waals surface area contributed by atoms with E-state index >= 15 is 0 Å². The number of hydrogen-bond acceptors (Lipinski definition) is 6. The molecule has 1 atom stereocenters. The summed E-state index contributed by atoms with van der Waals surface area (Å²) in [5.41, 5.74) is 0.106. The van der Waals surface area contributed by atoms with Gasteiger partial charge in [-0.15, -0.1) is 13.2 Å². The van der Waals surface area contributed by atoms with Gasteiger partial charge in [0, 0.05) is 6.42 Å². The van der Waals surface area contributed by atoms with E-state index in [0.717, 1.165) is 37.8 Å². The molecule has 0 saturated carbocycles. The number of phosphoric acid groups is 1. The molecule has 0 aliphatic heterocycles. The van der Waals surface area contributed by atoms with E-state index in [9.17, 15) is 32.3 Å². The molecule has 0 radical (unpaired) electrons. The average Bonchev–Trinajstić information content (AvgIpc) is 2.56. The maximum Gasteiger partial charge on any atom is 1.00 e. The summed E-state index contributed by atoms with van der Waals surface area (Å²) in [5.74, 6) is -0.977.